The smallest absolute Gasteiger partial charge is 0.225 e. The molecule has 0 saturated heterocycles. The fourth-order valence-electron chi connectivity index (χ4n) is 2.17. The number of benzene rings is 2. The summed E-state index contributed by atoms with van der Waals surface area (Å²) in [5, 5.41) is 2.69. The zero-order chi connectivity index (χ0) is 18.8. The van der Waals surface area contributed by atoms with Crippen LogP contribution in [0.25, 0.3) is 0 Å². The maximum absolute atomic E-state index is 13.3. The third-order valence-electron chi connectivity index (χ3n) is 3.45. The molecule has 2 aromatic carbocycles. The van der Waals surface area contributed by atoms with Crippen molar-refractivity contribution in [3.8, 4) is 29.1 Å². The summed E-state index contributed by atoms with van der Waals surface area (Å²) in [7, 11) is 3.10. The Labute approximate surface area is 152 Å². The van der Waals surface area contributed by atoms with Gasteiger partial charge in [0, 0.05) is 0 Å². The van der Waals surface area contributed by atoms with Gasteiger partial charge in [0.2, 0.25) is 5.91 Å². The number of ether oxygens (including phenoxy) is 3. The van der Waals surface area contributed by atoms with E-state index in [0.717, 1.165) is 5.56 Å². The molecule has 2 aromatic rings. The molecule has 0 aromatic heterocycles. The van der Waals surface area contributed by atoms with Gasteiger partial charge < -0.3 is 19.5 Å². The Bertz CT molecular complexity index is 811. The minimum Gasteiger partial charge on any atom is -0.493 e. The second-order valence-electron chi connectivity index (χ2n) is 5.22. The highest BCUT2D eigenvalue weighted by atomic mass is 19.1. The van der Waals surface area contributed by atoms with Crippen LogP contribution in [0, 0.1) is 17.7 Å². The van der Waals surface area contributed by atoms with Gasteiger partial charge in [-0.2, -0.15) is 0 Å². The molecule has 0 atom stereocenters. The van der Waals surface area contributed by atoms with Gasteiger partial charge in [-0.25, -0.2) is 4.39 Å². The average Bonchev–Trinajstić information content (AvgIpc) is 2.65. The molecule has 1 N–H and O–H groups in total. The number of amides is 1. The van der Waals surface area contributed by atoms with Gasteiger partial charge in [0.15, 0.2) is 23.1 Å². The summed E-state index contributed by atoms with van der Waals surface area (Å²) in [4.78, 5) is 11.9. The number of halogens is 1. The number of hydrogen-bond acceptors (Lipinski definition) is 4. The molecule has 2 rings (SSSR count). The van der Waals surface area contributed by atoms with E-state index in [1.807, 2.05) is 0 Å². The Morgan fingerprint density at radius 1 is 1.04 bits per heavy atom. The lowest BCUT2D eigenvalue weighted by atomic mass is 10.1. The Hall–Kier alpha value is -3.20. The first-order chi connectivity index (χ1) is 12.6. The van der Waals surface area contributed by atoms with Crippen molar-refractivity contribution in [2.45, 2.75) is 6.42 Å². The molecule has 0 aliphatic heterocycles. The van der Waals surface area contributed by atoms with Crippen LogP contribution in [0.3, 0.4) is 0 Å². The molecule has 0 heterocycles. The van der Waals surface area contributed by atoms with Crippen molar-refractivity contribution in [2.24, 2.45) is 0 Å². The third-order valence-corrected chi connectivity index (χ3v) is 3.45. The lowest BCUT2D eigenvalue weighted by Crippen LogP contribution is -2.25. The van der Waals surface area contributed by atoms with Crippen LogP contribution in [0.1, 0.15) is 5.56 Å². The van der Waals surface area contributed by atoms with E-state index in [9.17, 15) is 9.18 Å². The van der Waals surface area contributed by atoms with Crippen LogP contribution in [0.4, 0.5) is 4.39 Å². The predicted molar refractivity (Wildman–Crippen MR) is 95.9 cm³/mol. The molecule has 6 heteroatoms. The molecule has 0 radical (unpaired) electrons. The highest BCUT2D eigenvalue weighted by molar-refractivity contribution is 5.79. The molecule has 1 amide bonds. The standard InChI is InChI=1S/C20H20FNO4/c1-24-18-10-9-15(13-19(18)25-2)14-20(23)22-11-5-6-12-26-17-8-4-3-7-16(17)21/h3-4,7-10,13H,11-12,14H2,1-2H3,(H,22,23). The van der Waals surface area contributed by atoms with E-state index >= 15 is 0 Å². The van der Waals surface area contributed by atoms with Gasteiger partial charge in [-0.1, -0.05) is 30.0 Å². The van der Waals surface area contributed by atoms with Crippen LogP contribution in [-0.4, -0.2) is 33.3 Å². The quantitative estimate of drug-likeness (QED) is 0.774. The topological polar surface area (TPSA) is 56.8 Å². The fraction of sp³-hybridized carbons (Fsp3) is 0.250. The first-order valence-electron chi connectivity index (χ1n) is 7.94. The predicted octanol–water partition coefficient (Wildman–Crippen LogP) is 2.58. The largest absolute Gasteiger partial charge is 0.493 e. The fourth-order valence-corrected chi connectivity index (χ4v) is 2.17. The average molecular weight is 357 g/mol. The zero-order valence-electron chi connectivity index (χ0n) is 14.7. The van der Waals surface area contributed by atoms with E-state index in [-0.39, 0.29) is 31.2 Å². The van der Waals surface area contributed by atoms with Crippen molar-refractivity contribution >= 4 is 5.91 Å². The molecular weight excluding hydrogens is 337 g/mol. The van der Waals surface area contributed by atoms with Gasteiger partial charge in [-0.05, 0) is 29.8 Å². The molecule has 136 valence electrons. The molecule has 0 aliphatic rings. The number of nitrogens with one attached hydrogen (secondary N) is 1. The Balaban J connectivity index is 1.75. The van der Waals surface area contributed by atoms with Gasteiger partial charge in [-0.3, -0.25) is 4.79 Å². The van der Waals surface area contributed by atoms with Crippen LogP contribution in [0.15, 0.2) is 42.5 Å². The molecule has 5 nitrogen and oxygen atoms in total. The van der Waals surface area contributed by atoms with Crippen LogP contribution in [0.5, 0.6) is 17.2 Å². The maximum Gasteiger partial charge on any atom is 0.225 e. The van der Waals surface area contributed by atoms with Crippen LogP contribution in [0.2, 0.25) is 0 Å². The van der Waals surface area contributed by atoms with E-state index in [0.29, 0.717) is 11.5 Å². The summed E-state index contributed by atoms with van der Waals surface area (Å²) < 4.78 is 28.9. The first kappa shape index (κ1) is 19.1. The number of para-hydroxylation sites is 1. The summed E-state index contributed by atoms with van der Waals surface area (Å²) in [6.07, 6.45) is 0.202. The lowest BCUT2D eigenvalue weighted by Gasteiger charge is -2.09. The highest BCUT2D eigenvalue weighted by Gasteiger charge is 2.07. The first-order valence-corrected chi connectivity index (χ1v) is 7.94. The van der Waals surface area contributed by atoms with Crippen molar-refractivity contribution < 1.29 is 23.4 Å². The summed E-state index contributed by atoms with van der Waals surface area (Å²) in [5.74, 6) is 6.22. The number of carbonyl (C=O) groups excluding carboxylic acids is 1. The van der Waals surface area contributed by atoms with Crippen LogP contribution < -0.4 is 19.5 Å². The second kappa shape index (κ2) is 9.94. The second-order valence-corrected chi connectivity index (χ2v) is 5.22. The normalized spacial score (nSPS) is 9.65. The highest BCUT2D eigenvalue weighted by Crippen LogP contribution is 2.27. The Kier molecular flexibility index (Phi) is 7.31. The van der Waals surface area contributed by atoms with Crippen molar-refractivity contribution in [1.82, 2.24) is 5.32 Å². The van der Waals surface area contributed by atoms with Gasteiger partial charge in [0.05, 0.1) is 27.2 Å². The van der Waals surface area contributed by atoms with E-state index < -0.39 is 5.82 Å². The van der Waals surface area contributed by atoms with E-state index in [2.05, 4.69) is 17.2 Å². The molecule has 0 bridgehead atoms. The van der Waals surface area contributed by atoms with E-state index in [1.54, 1.807) is 44.6 Å². The van der Waals surface area contributed by atoms with Crippen molar-refractivity contribution in [1.29, 1.82) is 0 Å². The summed E-state index contributed by atoms with van der Waals surface area (Å²) in [6.45, 7) is 0.235. The summed E-state index contributed by atoms with van der Waals surface area (Å²) >= 11 is 0. The molecule has 0 saturated carbocycles. The number of methoxy groups -OCH3 is 2. The maximum atomic E-state index is 13.3. The minimum atomic E-state index is -0.433. The number of rotatable bonds is 7. The van der Waals surface area contributed by atoms with Gasteiger partial charge in [0.1, 0.15) is 6.61 Å². The van der Waals surface area contributed by atoms with E-state index in [4.69, 9.17) is 14.2 Å². The molecular formula is C20H20FNO4. The van der Waals surface area contributed by atoms with Gasteiger partial charge in [-0.15, -0.1) is 0 Å². The van der Waals surface area contributed by atoms with E-state index in [1.165, 1.54) is 12.1 Å². The van der Waals surface area contributed by atoms with Crippen LogP contribution in [-0.2, 0) is 11.2 Å². The molecule has 0 unspecified atom stereocenters. The molecule has 0 fully saturated rings. The van der Waals surface area contributed by atoms with Crippen molar-refractivity contribution in [3.05, 3.63) is 53.8 Å². The monoisotopic (exact) mass is 357 g/mol. The third kappa shape index (κ3) is 5.71. The van der Waals surface area contributed by atoms with Gasteiger partial charge >= 0.3 is 0 Å². The summed E-state index contributed by atoms with van der Waals surface area (Å²) in [6, 6.07) is 11.4. The lowest BCUT2D eigenvalue weighted by molar-refractivity contribution is -0.120. The molecule has 26 heavy (non-hydrogen) atoms. The Morgan fingerprint density at radius 2 is 1.81 bits per heavy atom. The minimum absolute atomic E-state index is 0.0481. The Morgan fingerprint density at radius 3 is 2.54 bits per heavy atom. The van der Waals surface area contributed by atoms with Crippen LogP contribution >= 0.6 is 0 Å². The summed E-state index contributed by atoms with van der Waals surface area (Å²) in [5.41, 5.74) is 0.802. The van der Waals surface area contributed by atoms with Crippen molar-refractivity contribution in [3.63, 3.8) is 0 Å². The number of carbonyl (C=O) groups is 1. The molecule has 0 aliphatic carbocycles. The SMILES string of the molecule is COc1ccc(CC(=O)NCC#CCOc2ccccc2F)cc1OC. The van der Waals surface area contributed by atoms with Crippen molar-refractivity contribution in [2.75, 3.05) is 27.4 Å². The van der Waals surface area contributed by atoms with Gasteiger partial charge in [0.25, 0.3) is 0 Å². The zero-order valence-corrected chi connectivity index (χ0v) is 14.7. The molecule has 0 spiro atoms. The number of hydrogen-bond donors (Lipinski definition) is 1.